The molecule has 0 saturated carbocycles. The highest BCUT2D eigenvalue weighted by atomic mass is 16.6. The van der Waals surface area contributed by atoms with E-state index >= 15 is 0 Å². The van der Waals surface area contributed by atoms with Gasteiger partial charge in [0.1, 0.15) is 13.2 Å². The highest BCUT2D eigenvalue weighted by Crippen LogP contribution is 2.16. The molecule has 0 N–H and O–H groups in total. The number of carbonyl (C=O) groups excluding carboxylic acids is 3. The third-order valence-corrected chi connectivity index (χ3v) is 13.8. The summed E-state index contributed by atoms with van der Waals surface area (Å²) in [5.74, 6) is -0.939. The highest BCUT2D eigenvalue weighted by molar-refractivity contribution is 5.71. The van der Waals surface area contributed by atoms with Crippen LogP contribution in [0.3, 0.4) is 0 Å². The quantitative estimate of drug-likeness (QED) is 0.0261. The Morgan fingerprint density at radius 2 is 0.444 bits per heavy atom. The van der Waals surface area contributed by atoms with Crippen LogP contribution in [0.4, 0.5) is 0 Å². The highest BCUT2D eigenvalue weighted by Gasteiger charge is 2.19. The van der Waals surface area contributed by atoms with Crippen molar-refractivity contribution >= 4 is 17.9 Å². The molecule has 0 aliphatic rings. The van der Waals surface area contributed by atoms with Crippen LogP contribution in [-0.4, -0.2) is 37.2 Å². The van der Waals surface area contributed by atoms with Crippen molar-refractivity contribution < 1.29 is 28.6 Å². The normalized spacial score (nSPS) is 13.1. The van der Waals surface area contributed by atoms with Crippen molar-refractivity contribution in [1.29, 1.82) is 0 Å². The van der Waals surface area contributed by atoms with Crippen LogP contribution in [0.15, 0.2) is 146 Å². The molecule has 6 heteroatoms. The molecule has 0 bridgehead atoms. The second-order valence-corrected chi connectivity index (χ2v) is 21.6. The first kappa shape index (κ1) is 76.3. The van der Waals surface area contributed by atoms with Gasteiger partial charge in [-0.1, -0.05) is 282 Å². The fourth-order valence-electron chi connectivity index (χ4n) is 8.95. The average molecular weight is 1120 g/mol. The number of carbonyl (C=O) groups is 3. The molecule has 0 saturated heterocycles. The minimum Gasteiger partial charge on any atom is -0.462 e. The van der Waals surface area contributed by atoms with Gasteiger partial charge in [0.15, 0.2) is 6.10 Å². The van der Waals surface area contributed by atoms with E-state index in [1.54, 1.807) is 0 Å². The van der Waals surface area contributed by atoms with Crippen LogP contribution in [0.2, 0.25) is 0 Å². The van der Waals surface area contributed by atoms with Gasteiger partial charge in [0.05, 0.1) is 0 Å². The Morgan fingerprint density at radius 1 is 0.247 bits per heavy atom. The number of allylic oxidation sites excluding steroid dienone is 24. The lowest BCUT2D eigenvalue weighted by Crippen LogP contribution is -2.30. The number of ether oxygens (including phenoxy) is 3. The molecule has 6 nitrogen and oxygen atoms in total. The molecule has 0 aromatic carbocycles. The second kappa shape index (κ2) is 67.8. The largest absolute Gasteiger partial charge is 0.462 e. The van der Waals surface area contributed by atoms with Gasteiger partial charge in [-0.2, -0.15) is 0 Å². The fourth-order valence-corrected chi connectivity index (χ4v) is 8.95. The minimum atomic E-state index is -0.804. The summed E-state index contributed by atoms with van der Waals surface area (Å²) < 4.78 is 16.9. The molecule has 0 aliphatic heterocycles. The second-order valence-electron chi connectivity index (χ2n) is 21.6. The summed E-state index contributed by atoms with van der Waals surface area (Å²) in [6.07, 6.45) is 97.3. The van der Waals surface area contributed by atoms with Crippen LogP contribution in [0.1, 0.15) is 290 Å². The zero-order chi connectivity index (χ0) is 58.5. The standard InChI is InChI=1S/C75H122O6/c1-4-7-10-13-16-19-22-25-27-29-31-32-33-34-35-36-37-38-39-40-41-42-44-45-47-50-53-56-59-62-65-68-74(77)80-71-72(70-79-73(76)67-64-61-58-55-52-49-24-21-18-15-12-9-6-3)81-75(78)69-66-63-60-57-54-51-48-46-43-30-28-26-23-20-17-14-11-8-5-2/h7-12,16-21,25-28,31-32,34-35,43,46,49,52,72H,4-6,13-15,22-24,29-30,33,36-42,44-45,47-48,50-51,53-71H2,1-3H3/b10-7-,11-8-,12-9-,19-16-,20-17-,21-18-,27-25-,28-26-,32-31-,35-34-,46-43-,52-49-. The Morgan fingerprint density at radius 3 is 0.704 bits per heavy atom. The summed E-state index contributed by atoms with van der Waals surface area (Å²) in [6, 6.07) is 0. The van der Waals surface area contributed by atoms with E-state index in [0.717, 1.165) is 154 Å². The maximum atomic E-state index is 12.9. The first-order chi connectivity index (χ1) is 40.0. The monoisotopic (exact) mass is 1120 g/mol. The fraction of sp³-hybridized carbons (Fsp3) is 0.640. The number of hydrogen-bond acceptors (Lipinski definition) is 6. The maximum Gasteiger partial charge on any atom is 0.306 e. The van der Waals surface area contributed by atoms with Gasteiger partial charge in [0.25, 0.3) is 0 Å². The molecule has 81 heavy (non-hydrogen) atoms. The van der Waals surface area contributed by atoms with Gasteiger partial charge in [0.2, 0.25) is 0 Å². The zero-order valence-corrected chi connectivity index (χ0v) is 52.5. The van der Waals surface area contributed by atoms with E-state index in [1.165, 1.54) is 96.3 Å². The Kier molecular flexibility index (Phi) is 63.9. The molecule has 0 amide bonds. The van der Waals surface area contributed by atoms with Crippen LogP contribution >= 0.6 is 0 Å². The van der Waals surface area contributed by atoms with E-state index in [2.05, 4.69) is 167 Å². The van der Waals surface area contributed by atoms with Crippen molar-refractivity contribution in [2.75, 3.05) is 13.2 Å². The van der Waals surface area contributed by atoms with Gasteiger partial charge in [-0.3, -0.25) is 14.4 Å². The molecular formula is C75H122O6. The lowest BCUT2D eigenvalue weighted by molar-refractivity contribution is -0.167. The number of unbranched alkanes of at least 4 members (excludes halogenated alkanes) is 24. The molecule has 1 unspecified atom stereocenters. The van der Waals surface area contributed by atoms with Gasteiger partial charge >= 0.3 is 17.9 Å². The molecule has 458 valence electrons. The van der Waals surface area contributed by atoms with Crippen molar-refractivity contribution in [2.24, 2.45) is 0 Å². The molecule has 0 spiro atoms. The van der Waals surface area contributed by atoms with E-state index in [4.69, 9.17) is 14.2 Å². The van der Waals surface area contributed by atoms with Crippen LogP contribution in [0.25, 0.3) is 0 Å². The summed E-state index contributed by atoms with van der Waals surface area (Å²) in [5, 5.41) is 0. The molecule has 0 fully saturated rings. The van der Waals surface area contributed by atoms with Gasteiger partial charge < -0.3 is 14.2 Å². The first-order valence-electron chi connectivity index (χ1n) is 33.3. The molecular weight excluding hydrogens is 997 g/mol. The predicted molar refractivity (Wildman–Crippen MR) is 352 cm³/mol. The predicted octanol–water partition coefficient (Wildman–Crippen LogP) is 23.1. The van der Waals surface area contributed by atoms with E-state index in [1.807, 2.05) is 0 Å². The van der Waals surface area contributed by atoms with Crippen LogP contribution in [0, 0.1) is 0 Å². The Bertz CT molecular complexity index is 1760. The molecule has 0 aromatic heterocycles. The molecule has 1 atom stereocenters. The number of esters is 3. The molecule has 0 heterocycles. The minimum absolute atomic E-state index is 0.0967. The third kappa shape index (κ3) is 66.0. The van der Waals surface area contributed by atoms with Gasteiger partial charge in [-0.05, 0) is 135 Å². The summed E-state index contributed by atoms with van der Waals surface area (Å²) >= 11 is 0. The summed E-state index contributed by atoms with van der Waals surface area (Å²) in [5.41, 5.74) is 0. The number of hydrogen-bond donors (Lipinski definition) is 0. The Labute approximate surface area is 499 Å². The van der Waals surface area contributed by atoms with Crippen molar-refractivity contribution in [3.05, 3.63) is 146 Å². The lowest BCUT2D eigenvalue weighted by Gasteiger charge is -2.18. The zero-order valence-electron chi connectivity index (χ0n) is 52.5. The summed E-state index contributed by atoms with van der Waals surface area (Å²) in [6.45, 7) is 6.27. The molecule has 0 rings (SSSR count). The van der Waals surface area contributed by atoms with Crippen molar-refractivity contribution in [2.45, 2.75) is 297 Å². The summed E-state index contributed by atoms with van der Waals surface area (Å²) in [7, 11) is 0. The van der Waals surface area contributed by atoms with E-state index in [9.17, 15) is 14.4 Å². The Hall–Kier alpha value is -4.71. The van der Waals surface area contributed by atoms with E-state index in [0.29, 0.717) is 19.3 Å². The number of rotatable bonds is 59. The topological polar surface area (TPSA) is 78.9 Å². The van der Waals surface area contributed by atoms with Gasteiger partial charge in [-0.25, -0.2) is 0 Å². The molecule has 0 radical (unpaired) electrons. The average Bonchev–Trinajstić information content (AvgIpc) is 3.46. The van der Waals surface area contributed by atoms with Crippen LogP contribution < -0.4 is 0 Å². The van der Waals surface area contributed by atoms with Gasteiger partial charge in [-0.15, -0.1) is 0 Å². The Balaban J connectivity index is 4.28. The van der Waals surface area contributed by atoms with Crippen molar-refractivity contribution in [3.63, 3.8) is 0 Å². The summed E-state index contributed by atoms with van der Waals surface area (Å²) in [4.78, 5) is 38.3. The first-order valence-corrected chi connectivity index (χ1v) is 33.3. The third-order valence-electron chi connectivity index (χ3n) is 13.8. The smallest absolute Gasteiger partial charge is 0.306 e. The van der Waals surface area contributed by atoms with E-state index < -0.39 is 6.10 Å². The van der Waals surface area contributed by atoms with Crippen molar-refractivity contribution in [1.82, 2.24) is 0 Å². The van der Waals surface area contributed by atoms with E-state index in [-0.39, 0.29) is 31.1 Å². The lowest BCUT2D eigenvalue weighted by atomic mass is 10.0. The SMILES string of the molecule is CC/C=C\C/C=C\C/C=C\C/C=C\C/C=C\CCCCCCCCCCCCCCCCCC(=O)OCC(COC(=O)CCCCC/C=C\C/C=C\C/C=C\CC)OC(=O)CCCCCCCC/C=C\C/C=C\C/C=C\C/C=C\CC. The maximum absolute atomic E-state index is 12.9. The molecule has 0 aromatic rings. The van der Waals surface area contributed by atoms with Crippen LogP contribution in [-0.2, 0) is 28.6 Å². The molecule has 0 aliphatic carbocycles. The van der Waals surface area contributed by atoms with Crippen molar-refractivity contribution in [3.8, 4) is 0 Å². The van der Waals surface area contributed by atoms with Crippen LogP contribution in [0.5, 0.6) is 0 Å². The van der Waals surface area contributed by atoms with Gasteiger partial charge in [0, 0.05) is 19.3 Å².